The summed E-state index contributed by atoms with van der Waals surface area (Å²) in [6, 6.07) is 14.9. The molecule has 2 aromatic carbocycles. The van der Waals surface area contributed by atoms with Gasteiger partial charge in [-0.25, -0.2) is 4.98 Å². The van der Waals surface area contributed by atoms with Crippen molar-refractivity contribution in [2.75, 3.05) is 6.54 Å². The van der Waals surface area contributed by atoms with Crippen molar-refractivity contribution >= 4 is 34.3 Å². The van der Waals surface area contributed by atoms with Gasteiger partial charge in [0.1, 0.15) is 5.82 Å². The van der Waals surface area contributed by atoms with Crippen LogP contribution < -0.4 is 5.32 Å². The first-order chi connectivity index (χ1) is 13.1. The fraction of sp³-hybridized carbons (Fsp3) is 0.286. The molecule has 0 aliphatic carbocycles. The van der Waals surface area contributed by atoms with Gasteiger partial charge in [-0.1, -0.05) is 35.9 Å². The first-order valence-corrected chi connectivity index (χ1v) is 9.40. The number of rotatable bonds is 8. The molecule has 0 saturated heterocycles. The molecule has 0 spiro atoms. The van der Waals surface area contributed by atoms with Crippen molar-refractivity contribution in [1.82, 2.24) is 14.9 Å². The number of halogens is 1. The summed E-state index contributed by atoms with van der Waals surface area (Å²) in [6.45, 7) is 3.33. The predicted octanol–water partition coefficient (Wildman–Crippen LogP) is 4.17. The van der Waals surface area contributed by atoms with Gasteiger partial charge in [0, 0.05) is 31.5 Å². The molecule has 6 heteroatoms. The third-order valence-electron chi connectivity index (χ3n) is 4.48. The molecular formula is C21H22ClN3O2. The fourth-order valence-electron chi connectivity index (χ4n) is 3.08. The summed E-state index contributed by atoms with van der Waals surface area (Å²) in [5, 5.41) is 3.30. The number of carbonyl (C=O) groups is 2. The summed E-state index contributed by atoms with van der Waals surface area (Å²) < 4.78 is 2.16. The lowest BCUT2D eigenvalue weighted by atomic mass is 10.1. The van der Waals surface area contributed by atoms with E-state index in [1.165, 1.54) is 0 Å². The maximum Gasteiger partial charge on any atom is 0.220 e. The minimum Gasteiger partial charge on any atom is -0.356 e. The van der Waals surface area contributed by atoms with E-state index in [1.807, 2.05) is 31.2 Å². The van der Waals surface area contributed by atoms with Crippen LogP contribution in [0.4, 0.5) is 0 Å². The van der Waals surface area contributed by atoms with Crippen LogP contribution in [0.2, 0.25) is 5.02 Å². The summed E-state index contributed by atoms with van der Waals surface area (Å²) in [5.74, 6) is 0.728. The Morgan fingerprint density at radius 2 is 1.81 bits per heavy atom. The van der Waals surface area contributed by atoms with E-state index in [9.17, 15) is 9.59 Å². The summed E-state index contributed by atoms with van der Waals surface area (Å²) in [4.78, 5) is 28.7. The lowest BCUT2D eigenvalue weighted by molar-refractivity contribution is -0.121. The first-order valence-electron chi connectivity index (χ1n) is 9.02. The fourth-order valence-corrected chi connectivity index (χ4v) is 3.32. The lowest BCUT2D eigenvalue weighted by Gasteiger charge is -2.08. The maximum absolute atomic E-state index is 12.1. The third-order valence-corrected chi connectivity index (χ3v) is 4.81. The highest BCUT2D eigenvalue weighted by atomic mass is 35.5. The van der Waals surface area contributed by atoms with Crippen molar-refractivity contribution in [3.63, 3.8) is 0 Å². The number of carbonyl (C=O) groups excluding carboxylic acids is 2. The number of imidazole rings is 1. The number of aromatic nitrogens is 2. The van der Waals surface area contributed by atoms with Gasteiger partial charge in [-0.2, -0.15) is 0 Å². The minimum atomic E-state index is -0.123. The van der Waals surface area contributed by atoms with Crippen LogP contribution in [-0.4, -0.2) is 27.8 Å². The summed E-state index contributed by atoms with van der Waals surface area (Å²) in [6.07, 6.45) is 1.11. The van der Waals surface area contributed by atoms with Gasteiger partial charge in [0.25, 0.3) is 0 Å². The van der Waals surface area contributed by atoms with Crippen LogP contribution in [0, 0.1) is 6.92 Å². The van der Waals surface area contributed by atoms with Crippen molar-refractivity contribution in [2.24, 2.45) is 0 Å². The van der Waals surface area contributed by atoms with Crippen molar-refractivity contribution < 1.29 is 9.59 Å². The van der Waals surface area contributed by atoms with Crippen LogP contribution >= 0.6 is 11.6 Å². The van der Waals surface area contributed by atoms with Crippen LogP contribution in [0.25, 0.3) is 11.0 Å². The molecule has 5 nitrogen and oxygen atoms in total. The summed E-state index contributed by atoms with van der Waals surface area (Å²) in [5.41, 5.74) is 2.55. The second kappa shape index (κ2) is 8.82. The van der Waals surface area contributed by atoms with E-state index >= 15 is 0 Å². The number of benzene rings is 2. The van der Waals surface area contributed by atoms with E-state index in [-0.39, 0.29) is 24.5 Å². The van der Waals surface area contributed by atoms with Crippen LogP contribution in [0.3, 0.4) is 0 Å². The number of nitrogens with zero attached hydrogens (tertiary/aromatic N) is 2. The number of hydrogen-bond donors (Lipinski definition) is 1. The number of amides is 1. The van der Waals surface area contributed by atoms with Gasteiger partial charge < -0.3 is 9.88 Å². The molecule has 1 N–H and O–H groups in total. The first kappa shape index (κ1) is 19.1. The molecule has 0 bridgehead atoms. The number of Topliss-reactive ketones (excluding diaryl/α,β-unsaturated/α-hetero) is 1. The van der Waals surface area contributed by atoms with E-state index in [4.69, 9.17) is 11.6 Å². The molecule has 0 atom stereocenters. The number of para-hydroxylation sites is 2. The normalized spacial score (nSPS) is 10.9. The predicted molar refractivity (Wildman–Crippen MR) is 107 cm³/mol. The van der Waals surface area contributed by atoms with Gasteiger partial charge in [0.2, 0.25) is 5.91 Å². The zero-order valence-corrected chi connectivity index (χ0v) is 16.0. The molecule has 3 aromatic rings. The summed E-state index contributed by atoms with van der Waals surface area (Å²) in [7, 11) is 0. The molecule has 1 heterocycles. The molecule has 3 rings (SSSR count). The zero-order valence-electron chi connectivity index (χ0n) is 15.2. The highest BCUT2D eigenvalue weighted by Crippen LogP contribution is 2.17. The van der Waals surface area contributed by atoms with Crippen LogP contribution in [0.15, 0.2) is 48.5 Å². The van der Waals surface area contributed by atoms with Gasteiger partial charge >= 0.3 is 0 Å². The third kappa shape index (κ3) is 4.74. The Kier molecular flexibility index (Phi) is 6.24. The molecule has 1 aromatic heterocycles. The van der Waals surface area contributed by atoms with Crippen molar-refractivity contribution in [3.05, 3.63) is 64.9 Å². The Morgan fingerprint density at radius 1 is 1.07 bits per heavy atom. The molecule has 0 unspecified atom stereocenters. The summed E-state index contributed by atoms with van der Waals surface area (Å²) >= 11 is 6.01. The number of ketones is 1. The molecule has 0 radical (unpaired) electrons. The van der Waals surface area contributed by atoms with Crippen molar-refractivity contribution in [3.8, 4) is 0 Å². The number of aryl methyl sites for hydroxylation is 2. The molecule has 140 valence electrons. The molecular weight excluding hydrogens is 362 g/mol. The average Bonchev–Trinajstić information content (AvgIpc) is 2.99. The van der Waals surface area contributed by atoms with Crippen molar-refractivity contribution in [2.45, 2.75) is 32.7 Å². The lowest BCUT2D eigenvalue weighted by Crippen LogP contribution is -2.25. The highest BCUT2D eigenvalue weighted by Gasteiger charge is 2.12. The molecule has 0 fully saturated rings. The molecule has 1 amide bonds. The highest BCUT2D eigenvalue weighted by molar-refractivity contribution is 6.34. The Bertz CT molecular complexity index is 965. The Balaban J connectivity index is 1.43. The van der Waals surface area contributed by atoms with Crippen molar-refractivity contribution in [1.29, 1.82) is 0 Å². The van der Waals surface area contributed by atoms with E-state index in [2.05, 4.69) is 14.9 Å². The second-order valence-electron chi connectivity index (χ2n) is 6.41. The average molecular weight is 384 g/mol. The second-order valence-corrected chi connectivity index (χ2v) is 6.81. The number of hydrogen-bond acceptors (Lipinski definition) is 3. The maximum atomic E-state index is 12.1. The SMILES string of the molecule is Cc1nc2ccccc2n1CCCNC(=O)CCC(=O)c1ccccc1Cl. The molecule has 27 heavy (non-hydrogen) atoms. The van der Waals surface area contributed by atoms with E-state index < -0.39 is 0 Å². The van der Waals surface area contributed by atoms with Gasteiger partial charge in [-0.05, 0) is 37.6 Å². The largest absolute Gasteiger partial charge is 0.356 e. The minimum absolute atomic E-state index is 0.115. The monoisotopic (exact) mass is 383 g/mol. The molecule has 0 saturated carbocycles. The Morgan fingerprint density at radius 3 is 2.63 bits per heavy atom. The smallest absolute Gasteiger partial charge is 0.220 e. The molecule has 0 aliphatic rings. The van der Waals surface area contributed by atoms with E-state index in [0.29, 0.717) is 17.1 Å². The van der Waals surface area contributed by atoms with Gasteiger partial charge in [-0.3, -0.25) is 9.59 Å². The Hall–Kier alpha value is -2.66. The Labute approximate surface area is 163 Å². The van der Waals surface area contributed by atoms with Crippen LogP contribution in [0.1, 0.15) is 35.4 Å². The van der Waals surface area contributed by atoms with Crippen LogP contribution in [0.5, 0.6) is 0 Å². The zero-order chi connectivity index (χ0) is 19.2. The van der Waals surface area contributed by atoms with E-state index in [0.717, 1.165) is 29.8 Å². The van der Waals surface area contributed by atoms with Gasteiger partial charge in [-0.15, -0.1) is 0 Å². The quantitative estimate of drug-likeness (QED) is 0.469. The van der Waals surface area contributed by atoms with E-state index in [1.54, 1.807) is 24.3 Å². The number of fused-ring (bicyclic) bond motifs is 1. The van der Waals surface area contributed by atoms with Gasteiger partial charge in [0.15, 0.2) is 5.78 Å². The molecule has 0 aliphatic heterocycles. The number of nitrogens with one attached hydrogen (secondary N) is 1. The topological polar surface area (TPSA) is 64.0 Å². The van der Waals surface area contributed by atoms with Gasteiger partial charge in [0.05, 0.1) is 16.1 Å². The van der Waals surface area contributed by atoms with Crippen LogP contribution in [-0.2, 0) is 11.3 Å². The standard InChI is InChI=1S/C21H22ClN3O2/c1-15-24-18-9-4-5-10-19(18)25(15)14-6-13-23-21(27)12-11-20(26)16-7-2-3-8-17(16)22/h2-5,7-10H,6,11-14H2,1H3,(H,23,27).